The number of anilines is 3. The highest BCUT2D eigenvalue weighted by Crippen LogP contribution is 2.37. The van der Waals surface area contributed by atoms with Gasteiger partial charge in [-0.25, -0.2) is 19.7 Å². The molecule has 0 spiro atoms. The number of pyridine rings is 1. The lowest BCUT2D eigenvalue weighted by Crippen LogP contribution is -2.22. The lowest BCUT2D eigenvalue weighted by Gasteiger charge is -2.15. The molecule has 0 saturated carbocycles. The Hall–Kier alpha value is -4.96. The van der Waals surface area contributed by atoms with Crippen molar-refractivity contribution in [2.75, 3.05) is 10.6 Å². The van der Waals surface area contributed by atoms with Crippen LogP contribution in [0.15, 0.2) is 101 Å². The highest BCUT2D eigenvalue weighted by Gasteiger charge is 2.15. The van der Waals surface area contributed by atoms with Gasteiger partial charge in [0.25, 0.3) is 5.91 Å². The zero-order chi connectivity index (χ0) is 28.8. The number of fused-ring (bicyclic) bond motifs is 1. The van der Waals surface area contributed by atoms with Gasteiger partial charge in [-0.2, -0.15) is 0 Å². The minimum Gasteiger partial charge on any atom is -0.465 e. The van der Waals surface area contributed by atoms with E-state index in [0.29, 0.717) is 34.9 Å². The fourth-order valence-corrected chi connectivity index (χ4v) is 4.98. The van der Waals surface area contributed by atoms with Crippen molar-refractivity contribution >= 4 is 52.0 Å². The number of rotatable bonds is 9. The Morgan fingerprint density at radius 1 is 0.927 bits per heavy atom. The number of nitrogens with one attached hydrogen (secondary N) is 3. The topological polar surface area (TPSA) is 129 Å². The molecule has 0 unspecified atom stereocenters. The maximum absolute atomic E-state index is 13.1. The number of carbonyl (C=O) groups is 2. The van der Waals surface area contributed by atoms with Crippen molar-refractivity contribution in [2.24, 2.45) is 0 Å². The molecule has 10 heteroatoms. The van der Waals surface area contributed by atoms with E-state index in [-0.39, 0.29) is 11.8 Å². The number of carbonyl (C=O) groups excluding carboxylic acids is 1. The molecule has 0 aliphatic rings. The molecule has 5 aromatic rings. The average molecular weight is 565 g/mol. The first-order valence-corrected chi connectivity index (χ1v) is 13.8. The second-order valence-corrected chi connectivity index (χ2v) is 10.7. The van der Waals surface area contributed by atoms with E-state index in [1.807, 2.05) is 60.7 Å². The van der Waals surface area contributed by atoms with Gasteiger partial charge in [0.2, 0.25) is 0 Å². The fourth-order valence-electron chi connectivity index (χ4n) is 4.10. The Bertz CT molecular complexity index is 1690. The van der Waals surface area contributed by atoms with Gasteiger partial charge in [0.15, 0.2) is 5.65 Å². The van der Waals surface area contributed by atoms with Crippen LogP contribution in [-0.2, 0) is 6.54 Å². The summed E-state index contributed by atoms with van der Waals surface area (Å²) in [5, 5.41) is 18.5. The van der Waals surface area contributed by atoms with Gasteiger partial charge in [-0.1, -0.05) is 55.9 Å². The number of aromatic nitrogens is 3. The summed E-state index contributed by atoms with van der Waals surface area (Å²) in [6.45, 7) is 4.57. The third kappa shape index (κ3) is 6.98. The monoisotopic (exact) mass is 564 g/mol. The van der Waals surface area contributed by atoms with E-state index in [1.54, 1.807) is 24.3 Å². The van der Waals surface area contributed by atoms with Crippen LogP contribution >= 0.6 is 11.8 Å². The van der Waals surface area contributed by atoms with Crippen LogP contribution in [0.25, 0.3) is 11.0 Å². The van der Waals surface area contributed by atoms with E-state index in [0.717, 1.165) is 26.4 Å². The number of amides is 2. The molecule has 41 heavy (non-hydrogen) atoms. The first kappa shape index (κ1) is 27.6. The van der Waals surface area contributed by atoms with E-state index in [1.165, 1.54) is 18.1 Å². The summed E-state index contributed by atoms with van der Waals surface area (Å²) in [7, 11) is 0. The summed E-state index contributed by atoms with van der Waals surface area (Å²) in [6.07, 6.45) is 0.351. The smallest absolute Gasteiger partial charge is 0.409 e. The van der Waals surface area contributed by atoms with Gasteiger partial charge in [0.05, 0.1) is 11.1 Å². The molecular formula is C31H28N6O3S. The molecular weight excluding hydrogens is 536 g/mol. The van der Waals surface area contributed by atoms with Gasteiger partial charge in [-0.3, -0.25) is 10.1 Å². The number of nitrogens with zero attached hydrogens (tertiary/aromatic N) is 3. The summed E-state index contributed by atoms with van der Waals surface area (Å²) in [5.74, 6) is 0.632. The quantitative estimate of drug-likeness (QED) is 0.150. The zero-order valence-electron chi connectivity index (χ0n) is 22.5. The lowest BCUT2D eigenvalue weighted by molar-refractivity contribution is 0.0951. The lowest BCUT2D eigenvalue weighted by atomic mass is 10.1. The van der Waals surface area contributed by atoms with Crippen LogP contribution in [0.3, 0.4) is 0 Å². The normalized spacial score (nSPS) is 10.9. The van der Waals surface area contributed by atoms with Crippen molar-refractivity contribution in [1.29, 1.82) is 0 Å². The predicted octanol–water partition coefficient (Wildman–Crippen LogP) is 7.06. The Morgan fingerprint density at radius 3 is 2.44 bits per heavy atom. The number of benzene rings is 3. The number of hydrogen-bond donors (Lipinski definition) is 4. The van der Waals surface area contributed by atoms with Crippen molar-refractivity contribution in [3.8, 4) is 0 Å². The van der Waals surface area contributed by atoms with Crippen molar-refractivity contribution in [1.82, 2.24) is 20.3 Å². The van der Waals surface area contributed by atoms with E-state index < -0.39 is 6.09 Å². The summed E-state index contributed by atoms with van der Waals surface area (Å²) >= 11 is 1.48. The van der Waals surface area contributed by atoms with Gasteiger partial charge >= 0.3 is 6.09 Å². The number of carboxylic acid groups (broad SMARTS) is 1. The third-order valence-electron chi connectivity index (χ3n) is 6.23. The van der Waals surface area contributed by atoms with E-state index in [2.05, 4.69) is 44.7 Å². The van der Waals surface area contributed by atoms with Crippen molar-refractivity contribution in [3.05, 3.63) is 108 Å². The average Bonchev–Trinajstić information content (AvgIpc) is 2.98. The first-order valence-electron chi connectivity index (χ1n) is 13.0. The molecule has 0 bridgehead atoms. The third-order valence-corrected chi connectivity index (χ3v) is 7.32. The SMILES string of the molecule is CC(C)c1ccc2c(Nc3cc(C(=O)NCc4ccccc4)ccc3Sc3ccc(NC(=O)O)cc3)ncnc2n1. The van der Waals surface area contributed by atoms with Crippen molar-refractivity contribution in [2.45, 2.75) is 36.1 Å². The molecule has 2 heterocycles. The van der Waals surface area contributed by atoms with Gasteiger partial charge in [-0.05, 0) is 66.1 Å². The minimum absolute atomic E-state index is 0.201. The van der Waals surface area contributed by atoms with Gasteiger partial charge in [0, 0.05) is 33.3 Å². The summed E-state index contributed by atoms with van der Waals surface area (Å²) in [6, 6.07) is 26.2. The maximum Gasteiger partial charge on any atom is 0.409 e. The molecule has 3 aromatic carbocycles. The van der Waals surface area contributed by atoms with E-state index >= 15 is 0 Å². The molecule has 0 aliphatic heterocycles. The minimum atomic E-state index is -1.12. The molecule has 5 rings (SSSR count). The molecule has 9 nitrogen and oxygen atoms in total. The second kappa shape index (κ2) is 12.5. The van der Waals surface area contributed by atoms with Crippen LogP contribution in [0.5, 0.6) is 0 Å². The van der Waals surface area contributed by atoms with E-state index in [9.17, 15) is 9.59 Å². The first-order chi connectivity index (χ1) is 19.9. The Kier molecular flexibility index (Phi) is 8.40. The van der Waals surface area contributed by atoms with Crippen LogP contribution in [0.4, 0.5) is 22.0 Å². The molecule has 2 amide bonds. The Morgan fingerprint density at radius 2 is 1.71 bits per heavy atom. The van der Waals surface area contributed by atoms with Crippen LogP contribution in [0.1, 0.15) is 41.4 Å². The van der Waals surface area contributed by atoms with Gasteiger partial charge in [-0.15, -0.1) is 0 Å². The van der Waals surface area contributed by atoms with Crippen molar-refractivity contribution < 1.29 is 14.7 Å². The van der Waals surface area contributed by atoms with Crippen LogP contribution < -0.4 is 16.0 Å². The number of hydrogen-bond acceptors (Lipinski definition) is 7. The Balaban J connectivity index is 1.46. The highest BCUT2D eigenvalue weighted by atomic mass is 32.2. The molecule has 2 aromatic heterocycles. The van der Waals surface area contributed by atoms with Crippen LogP contribution in [0.2, 0.25) is 0 Å². The molecule has 206 valence electrons. The zero-order valence-corrected chi connectivity index (χ0v) is 23.3. The van der Waals surface area contributed by atoms with Crippen LogP contribution in [-0.4, -0.2) is 32.1 Å². The molecule has 4 N–H and O–H groups in total. The van der Waals surface area contributed by atoms with Crippen molar-refractivity contribution in [3.63, 3.8) is 0 Å². The van der Waals surface area contributed by atoms with Gasteiger partial charge in [0.1, 0.15) is 12.1 Å². The molecule has 0 aliphatic carbocycles. The summed E-state index contributed by atoms with van der Waals surface area (Å²) < 4.78 is 0. The fraction of sp³-hybridized carbons (Fsp3) is 0.129. The Labute approximate surface area is 241 Å². The summed E-state index contributed by atoms with van der Waals surface area (Å²) in [4.78, 5) is 39.3. The van der Waals surface area contributed by atoms with Crippen LogP contribution in [0, 0.1) is 0 Å². The standard InChI is InChI=1S/C31H28N6O3S/c1-19(2)25-14-13-24-28(36-25)33-18-34-29(24)37-26-16-21(30(38)32-17-20-6-4-3-5-7-20)8-15-27(26)41-23-11-9-22(10-12-23)35-31(39)40/h3-16,18-19,35H,17H2,1-2H3,(H,32,38)(H,39,40)(H,33,34,36,37). The molecule has 0 atom stereocenters. The van der Waals surface area contributed by atoms with Gasteiger partial charge < -0.3 is 15.7 Å². The largest absolute Gasteiger partial charge is 0.465 e. The molecule has 0 fully saturated rings. The highest BCUT2D eigenvalue weighted by molar-refractivity contribution is 7.99. The molecule has 0 saturated heterocycles. The second-order valence-electron chi connectivity index (χ2n) is 9.55. The van der Waals surface area contributed by atoms with E-state index in [4.69, 9.17) is 5.11 Å². The molecule has 0 radical (unpaired) electrons. The summed E-state index contributed by atoms with van der Waals surface area (Å²) in [5.41, 5.74) is 4.19. The maximum atomic E-state index is 13.1. The predicted molar refractivity (Wildman–Crippen MR) is 161 cm³/mol.